The normalized spacial score (nSPS) is 12.6. The van der Waals surface area contributed by atoms with Gasteiger partial charge < -0.3 is 16.0 Å². The fourth-order valence-electron chi connectivity index (χ4n) is 3.62. The number of nitrogens with one attached hydrogen (secondary N) is 3. The Labute approximate surface area is 199 Å². The third-order valence-corrected chi connectivity index (χ3v) is 5.50. The number of nitrogens with two attached hydrogens (primary N) is 1. The number of fused-ring (bicyclic) bond motifs is 1. The Balaban J connectivity index is 1.32. The summed E-state index contributed by atoms with van der Waals surface area (Å²) >= 11 is 5.83. The third-order valence-electron chi connectivity index (χ3n) is 5.25. The van der Waals surface area contributed by atoms with E-state index < -0.39 is 11.9 Å². The lowest BCUT2D eigenvalue weighted by Gasteiger charge is -2.13. The van der Waals surface area contributed by atoms with Crippen molar-refractivity contribution in [3.05, 3.63) is 76.2 Å². The van der Waals surface area contributed by atoms with Gasteiger partial charge in [-0.3, -0.25) is 24.6 Å². The minimum absolute atomic E-state index is 0.0781. The summed E-state index contributed by atoms with van der Waals surface area (Å²) in [5.41, 5.74) is 6.64. The van der Waals surface area contributed by atoms with Crippen LogP contribution in [0.2, 0.25) is 5.02 Å². The molecule has 0 aliphatic carbocycles. The summed E-state index contributed by atoms with van der Waals surface area (Å²) in [6.45, 7) is 0.268. The number of amides is 5. The van der Waals surface area contributed by atoms with E-state index in [9.17, 15) is 19.2 Å². The van der Waals surface area contributed by atoms with Crippen molar-refractivity contribution in [1.29, 1.82) is 0 Å². The molecule has 0 saturated carbocycles. The largest absolute Gasteiger partial charge is 0.364 e. The molecule has 3 aromatic rings. The first-order valence-electron chi connectivity index (χ1n) is 10.5. The average Bonchev–Trinajstić information content (AvgIpc) is 3.32. The number of carbonyl (C=O) groups excluding carboxylic acids is 4. The predicted molar refractivity (Wildman–Crippen MR) is 126 cm³/mol. The van der Waals surface area contributed by atoms with Gasteiger partial charge in [-0.1, -0.05) is 23.7 Å². The van der Waals surface area contributed by atoms with Gasteiger partial charge >= 0.3 is 6.03 Å². The number of anilines is 2. The lowest BCUT2D eigenvalue weighted by Crippen LogP contribution is -2.30. The summed E-state index contributed by atoms with van der Waals surface area (Å²) in [5.74, 6) is -0.872. The molecule has 34 heavy (non-hydrogen) atoms. The number of carbonyl (C=O) groups is 4. The van der Waals surface area contributed by atoms with Crippen LogP contribution in [0.1, 0.15) is 49.9 Å². The molecule has 0 saturated heterocycles. The van der Waals surface area contributed by atoms with E-state index in [1.807, 2.05) is 0 Å². The third kappa shape index (κ3) is 4.91. The molecule has 0 bridgehead atoms. The van der Waals surface area contributed by atoms with Crippen molar-refractivity contribution in [2.45, 2.75) is 19.3 Å². The van der Waals surface area contributed by atoms with Gasteiger partial charge in [0.1, 0.15) is 11.6 Å². The molecule has 1 aliphatic heterocycles. The van der Waals surface area contributed by atoms with Gasteiger partial charge in [-0.15, -0.1) is 0 Å². The Bertz CT molecular complexity index is 1240. The Morgan fingerprint density at radius 2 is 1.62 bits per heavy atom. The lowest BCUT2D eigenvalue weighted by molar-refractivity contribution is 0.0651. The fourth-order valence-corrected chi connectivity index (χ4v) is 3.75. The molecule has 0 radical (unpaired) electrons. The molecule has 11 heteroatoms. The zero-order chi connectivity index (χ0) is 24.2. The highest BCUT2D eigenvalue weighted by Gasteiger charge is 2.34. The van der Waals surface area contributed by atoms with Crippen LogP contribution in [-0.2, 0) is 6.42 Å². The standard InChI is InChI=1S/C23H21ClN6O4/c24-13-8-10-14(11-9-13)26-23(34)29-20-18(19(25)31)27-17(28-20)7-3-4-12-30-21(32)15-5-1-2-6-16(15)22(30)33/h1-2,5-6,8-11H,3-4,7,12H2,(H2,25,31)(H,27,28)(H2,26,29,34). The van der Waals surface area contributed by atoms with Gasteiger partial charge in [0, 0.05) is 23.7 Å². The minimum atomic E-state index is -0.796. The Kier molecular flexibility index (Phi) is 6.60. The van der Waals surface area contributed by atoms with Crippen molar-refractivity contribution in [2.24, 2.45) is 5.73 Å². The number of aromatic amines is 1. The number of nitrogens with zero attached hydrogens (tertiary/aromatic N) is 2. The van der Waals surface area contributed by atoms with Crippen molar-refractivity contribution in [3.63, 3.8) is 0 Å². The zero-order valence-electron chi connectivity index (χ0n) is 17.9. The summed E-state index contributed by atoms with van der Waals surface area (Å²) in [5, 5.41) is 5.68. The first-order chi connectivity index (χ1) is 16.3. The molecule has 5 N–H and O–H groups in total. The fraction of sp³-hybridized carbons (Fsp3) is 0.174. The molecule has 1 aliphatic rings. The summed E-state index contributed by atoms with van der Waals surface area (Å²) in [4.78, 5) is 57.2. The number of unbranched alkanes of at least 4 members (excludes halogenated alkanes) is 1. The lowest BCUT2D eigenvalue weighted by atomic mass is 10.1. The van der Waals surface area contributed by atoms with E-state index in [1.54, 1.807) is 48.5 Å². The number of aryl methyl sites for hydroxylation is 1. The van der Waals surface area contributed by atoms with Gasteiger partial charge in [0.2, 0.25) is 0 Å². The van der Waals surface area contributed by atoms with Crippen molar-refractivity contribution < 1.29 is 19.2 Å². The molecule has 1 aromatic heterocycles. The van der Waals surface area contributed by atoms with Crippen molar-refractivity contribution in [3.8, 4) is 0 Å². The number of imide groups is 1. The molecular weight excluding hydrogens is 460 g/mol. The van der Waals surface area contributed by atoms with Crippen molar-refractivity contribution in [2.75, 3.05) is 17.2 Å². The van der Waals surface area contributed by atoms with Gasteiger partial charge in [-0.05, 0) is 49.2 Å². The highest BCUT2D eigenvalue weighted by Crippen LogP contribution is 2.23. The molecule has 10 nitrogen and oxygen atoms in total. The molecular formula is C23H21ClN6O4. The molecule has 174 valence electrons. The number of H-pyrrole nitrogens is 1. The van der Waals surface area contributed by atoms with E-state index in [0.717, 1.165) is 0 Å². The van der Waals surface area contributed by atoms with Crippen LogP contribution in [0.4, 0.5) is 16.3 Å². The Morgan fingerprint density at radius 3 is 2.24 bits per heavy atom. The topological polar surface area (TPSA) is 150 Å². The number of hydrogen-bond donors (Lipinski definition) is 4. The van der Waals surface area contributed by atoms with E-state index in [-0.39, 0.29) is 29.9 Å². The van der Waals surface area contributed by atoms with Crippen molar-refractivity contribution in [1.82, 2.24) is 14.9 Å². The maximum absolute atomic E-state index is 12.4. The van der Waals surface area contributed by atoms with Crippen LogP contribution in [0, 0.1) is 0 Å². The molecule has 5 amide bonds. The van der Waals surface area contributed by atoms with E-state index in [0.29, 0.717) is 46.9 Å². The monoisotopic (exact) mass is 480 g/mol. The average molecular weight is 481 g/mol. The molecule has 4 rings (SSSR count). The summed E-state index contributed by atoms with van der Waals surface area (Å²) < 4.78 is 0. The zero-order valence-corrected chi connectivity index (χ0v) is 18.7. The Hall–Kier alpha value is -4.18. The van der Waals surface area contributed by atoms with Crippen LogP contribution in [0.3, 0.4) is 0 Å². The molecule has 0 fully saturated rings. The molecule has 0 unspecified atom stereocenters. The minimum Gasteiger partial charge on any atom is -0.364 e. The smallest absolute Gasteiger partial charge is 0.324 e. The van der Waals surface area contributed by atoms with Crippen LogP contribution < -0.4 is 16.4 Å². The second-order valence-corrected chi connectivity index (χ2v) is 8.06. The maximum atomic E-state index is 12.4. The number of rotatable bonds is 8. The van der Waals surface area contributed by atoms with Gasteiger partial charge in [-0.25, -0.2) is 9.78 Å². The highest BCUT2D eigenvalue weighted by molar-refractivity contribution is 6.30. The first-order valence-corrected chi connectivity index (χ1v) is 10.9. The number of urea groups is 1. The Morgan fingerprint density at radius 1 is 0.971 bits per heavy atom. The second kappa shape index (κ2) is 9.75. The number of hydrogen-bond acceptors (Lipinski definition) is 5. The highest BCUT2D eigenvalue weighted by atomic mass is 35.5. The second-order valence-electron chi connectivity index (χ2n) is 7.62. The van der Waals surface area contributed by atoms with E-state index in [2.05, 4.69) is 20.6 Å². The number of halogens is 1. The van der Waals surface area contributed by atoms with Gasteiger partial charge in [0.25, 0.3) is 17.7 Å². The van der Waals surface area contributed by atoms with Crippen LogP contribution in [-0.4, -0.2) is 45.2 Å². The summed E-state index contributed by atoms with van der Waals surface area (Å²) in [6.07, 6.45) is 1.54. The maximum Gasteiger partial charge on any atom is 0.324 e. The number of benzene rings is 2. The molecule has 0 spiro atoms. The van der Waals surface area contributed by atoms with Crippen LogP contribution in [0.25, 0.3) is 0 Å². The summed E-state index contributed by atoms with van der Waals surface area (Å²) in [6, 6.07) is 12.6. The molecule has 2 heterocycles. The van der Waals surface area contributed by atoms with Crippen LogP contribution >= 0.6 is 11.6 Å². The van der Waals surface area contributed by atoms with E-state index in [4.69, 9.17) is 17.3 Å². The quantitative estimate of drug-likeness (QED) is 0.287. The number of aromatic nitrogens is 2. The summed E-state index contributed by atoms with van der Waals surface area (Å²) in [7, 11) is 0. The molecule has 0 atom stereocenters. The molecule has 2 aromatic carbocycles. The SMILES string of the molecule is NC(=O)c1nc(CCCCN2C(=O)c3ccccc3C2=O)[nH]c1NC(=O)Nc1ccc(Cl)cc1. The van der Waals surface area contributed by atoms with Crippen LogP contribution in [0.15, 0.2) is 48.5 Å². The van der Waals surface area contributed by atoms with Gasteiger partial charge in [0.05, 0.1) is 11.1 Å². The first kappa shape index (κ1) is 23.0. The van der Waals surface area contributed by atoms with Gasteiger partial charge in [0.15, 0.2) is 5.69 Å². The van der Waals surface area contributed by atoms with E-state index in [1.165, 1.54) is 4.90 Å². The number of primary amides is 1. The van der Waals surface area contributed by atoms with Gasteiger partial charge in [-0.2, -0.15) is 0 Å². The van der Waals surface area contributed by atoms with Crippen LogP contribution in [0.5, 0.6) is 0 Å². The van der Waals surface area contributed by atoms with Crippen molar-refractivity contribution >= 4 is 46.9 Å². The van der Waals surface area contributed by atoms with E-state index >= 15 is 0 Å². The number of imidazole rings is 1. The predicted octanol–water partition coefficient (Wildman–Crippen LogP) is 3.42.